The highest BCUT2D eigenvalue weighted by molar-refractivity contribution is 8.10. The second-order valence-corrected chi connectivity index (χ2v) is 5.40. The van der Waals surface area contributed by atoms with Crippen LogP contribution >= 0.6 is 34.9 Å². The quantitative estimate of drug-likeness (QED) is 0.693. The average Bonchev–Trinajstić information content (AvgIpc) is 2.63. The number of methoxy groups -OCH3 is 1. The Morgan fingerprint density at radius 1 is 1.54 bits per heavy atom. The molecule has 0 unspecified atom stereocenters. The topological polar surface area (TPSA) is 26.3 Å². The lowest BCUT2D eigenvalue weighted by atomic mass is 10.6. The van der Waals surface area contributed by atoms with E-state index in [0.717, 1.165) is 4.90 Å². The Balaban J connectivity index is 2.21. The molecule has 1 aromatic rings. The van der Waals surface area contributed by atoms with Gasteiger partial charge in [-0.2, -0.15) is 0 Å². The van der Waals surface area contributed by atoms with E-state index < -0.39 is 0 Å². The normalized spacial score (nSPS) is 14.7. The summed E-state index contributed by atoms with van der Waals surface area (Å²) < 4.78 is 5.89. The number of thioether (sulfide) groups is 2. The van der Waals surface area contributed by atoms with Crippen molar-refractivity contribution in [2.75, 3.05) is 7.11 Å². The molecule has 68 valence electrons. The van der Waals surface area contributed by atoms with Crippen molar-refractivity contribution in [3.05, 3.63) is 21.8 Å². The van der Waals surface area contributed by atoms with Gasteiger partial charge < -0.3 is 4.74 Å². The third-order valence-corrected chi connectivity index (χ3v) is 5.02. The summed E-state index contributed by atoms with van der Waals surface area (Å²) >= 11 is 4.75. The van der Waals surface area contributed by atoms with Crippen LogP contribution in [0.25, 0.3) is 0 Å². The molecule has 0 amide bonds. The highest BCUT2D eigenvalue weighted by atomic mass is 32.2. The fourth-order valence-corrected chi connectivity index (χ4v) is 4.01. The van der Waals surface area contributed by atoms with Gasteiger partial charge >= 0.3 is 5.97 Å². The monoisotopic (exact) mass is 230 g/mol. The number of fused-ring (bicyclic) bond motifs is 1. The number of hydrogen-bond donors (Lipinski definition) is 0. The first-order chi connectivity index (χ1) is 6.31. The zero-order valence-electron chi connectivity index (χ0n) is 6.77. The second-order valence-electron chi connectivity index (χ2n) is 2.27. The van der Waals surface area contributed by atoms with Gasteiger partial charge in [0.1, 0.15) is 4.91 Å². The van der Waals surface area contributed by atoms with Gasteiger partial charge in [0.25, 0.3) is 0 Å². The minimum atomic E-state index is -0.255. The summed E-state index contributed by atoms with van der Waals surface area (Å²) in [7, 11) is 1.40. The van der Waals surface area contributed by atoms with E-state index in [-0.39, 0.29) is 5.97 Å². The number of rotatable bonds is 1. The van der Waals surface area contributed by atoms with E-state index in [4.69, 9.17) is 0 Å². The Labute approximate surface area is 88.4 Å². The first-order valence-corrected chi connectivity index (χ1v) is 6.09. The fraction of sp³-hybridized carbons (Fsp3) is 0.125. The molecule has 0 saturated carbocycles. The van der Waals surface area contributed by atoms with E-state index >= 15 is 0 Å². The number of ether oxygens (including phenoxy) is 1. The van der Waals surface area contributed by atoms with E-state index in [1.54, 1.807) is 23.1 Å². The molecule has 2 nitrogen and oxygen atoms in total. The van der Waals surface area contributed by atoms with Crippen LogP contribution in [0, 0.1) is 0 Å². The highest BCUT2D eigenvalue weighted by Gasteiger charge is 2.19. The number of carbonyl (C=O) groups excluding carboxylic acids is 1. The van der Waals surface area contributed by atoms with E-state index in [2.05, 4.69) is 4.74 Å². The van der Waals surface area contributed by atoms with E-state index in [1.165, 1.54) is 23.1 Å². The van der Waals surface area contributed by atoms with E-state index in [0.29, 0.717) is 4.91 Å². The largest absolute Gasteiger partial charge is 0.465 e. The van der Waals surface area contributed by atoms with Crippen molar-refractivity contribution in [3.8, 4) is 0 Å². The van der Waals surface area contributed by atoms with Crippen molar-refractivity contribution >= 4 is 40.8 Å². The zero-order chi connectivity index (χ0) is 9.26. The lowest BCUT2D eigenvalue weighted by Crippen LogP contribution is -2.02. The van der Waals surface area contributed by atoms with Crippen molar-refractivity contribution in [1.82, 2.24) is 0 Å². The maximum atomic E-state index is 11.2. The first-order valence-electron chi connectivity index (χ1n) is 3.52. The Morgan fingerprint density at radius 2 is 2.38 bits per heavy atom. The molecule has 13 heavy (non-hydrogen) atoms. The molecule has 0 atom stereocenters. The molecule has 1 aliphatic rings. The van der Waals surface area contributed by atoms with Crippen molar-refractivity contribution < 1.29 is 9.53 Å². The number of esters is 1. The predicted molar refractivity (Wildman–Crippen MR) is 56.1 cm³/mol. The number of hydrogen-bond acceptors (Lipinski definition) is 5. The lowest BCUT2D eigenvalue weighted by Gasteiger charge is -2.09. The minimum Gasteiger partial charge on any atom is -0.465 e. The van der Waals surface area contributed by atoms with Crippen molar-refractivity contribution in [2.45, 2.75) is 9.10 Å². The average molecular weight is 230 g/mol. The Bertz CT molecular complexity index is 367. The van der Waals surface area contributed by atoms with Gasteiger partial charge in [0.15, 0.2) is 0 Å². The summed E-state index contributed by atoms with van der Waals surface area (Å²) in [5.41, 5.74) is 0. The maximum Gasteiger partial charge on any atom is 0.345 e. The maximum absolute atomic E-state index is 11.2. The third kappa shape index (κ3) is 1.77. The molecule has 0 aromatic carbocycles. The smallest absolute Gasteiger partial charge is 0.345 e. The van der Waals surface area contributed by atoms with Crippen LogP contribution in [0.5, 0.6) is 0 Å². The molecule has 0 saturated heterocycles. The third-order valence-electron chi connectivity index (χ3n) is 1.48. The standard InChI is InChI=1S/C8H6O2S3/c1-10-7(9)6-4-12-8-5(13-6)2-3-11-8/h2-4H,1H3. The highest BCUT2D eigenvalue weighted by Crippen LogP contribution is 2.45. The SMILES string of the molecule is COC(=O)C1=CSc2sccc2S1. The number of thiophene rings is 1. The fourth-order valence-electron chi connectivity index (χ4n) is 0.885. The predicted octanol–water partition coefficient (Wildman–Crippen LogP) is 2.96. The van der Waals surface area contributed by atoms with Gasteiger partial charge in [-0.1, -0.05) is 23.5 Å². The van der Waals surface area contributed by atoms with Gasteiger partial charge in [0, 0.05) is 4.90 Å². The molecule has 2 heterocycles. The van der Waals surface area contributed by atoms with E-state index in [9.17, 15) is 4.79 Å². The minimum absolute atomic E-state index is 0.255. The summed E-state index contributed by atoms with van der Waals surface area (Å²) in [4.78, 5) is 13.0. The van der Waals surface area contributed by atoms with Crippen molar-refractivity contribution in [3.63, 3.8) is 0 Å². The Kier molecular flexibility index (Phi) is 2.66. The van der Waals surface area contributed by atoms with Gasteiger partial charge in [0.05, 0.1) is 11.3 Å². The van der Waals surface area contributed by atoms with Crippen molar-refractivity contribution in [1.29, 1.82) is 0 Å². The van der Waals surface area contributed by atoms with Crippen LogP contribution in [0.15, 0.2) is 30.9 Å². The Morgan fingerprint density at radius 3 is 3.15 bits per heavy atom. The summed E-state index contributed by atoms with van der Waals surface area (Å²) in [6, 6.07) is 2.02. The molecule has 0 bridgehead atoms. The zero-order valence-corrected chi connectivity index (χ0v) is 9.22. The Hall–Kier alpha value is -0.390. The van der Waals surface area contributed by atoms with Crippen LogP contribution < -0.4 is 0 Å². The molecule has 2 rings (SSSR count). The second kappa shape index (κ2) is 3.77. The first kappa shape index (κ1) is 9.18. The summed E-state index contributed by atoms with van der Waals surface area (Å²) in [6.07, 6.45) is 0. The molecule has 0 fully saturated rings. The summed E-state index contributed by atoms with van der Waals surface area (Å²) in [6.45, 7) is 0. The van der Waals surface area contributed by atoms with Gasteiger partial charge in [-0.25, -0.2) is 4.79 Å². The molecule has 0 N–H and O–H groups in total. The van der Waals surface area contributed by atoms with Gasteiger partial charge in [-0.3, -0.25) is 0 Å². The van der Waals surface area contributed by atoms with Crippen LogP contribution in [0.4, 0.5) is 0 Å². The van der Waals surface area contributed by atoms with Crippen LogP contribution in [0.1, 0.15) is 0 Å². The summed E-state index contributed by atoms with van der Waals surface area (Å²) in [5.74, 6) is -0.255. The van der Waals surface area contributed by atoms with Crippen LogP contribution in [-0.4, -0.2) is 13.1 Å². The van der Waals surface area contributed by atoms with E-state index in [1.807, 2.05) is 16.9 Å². The van der Waals surface area contributed by atoms with Gasteiger partial charge in [-0.15, -0.1) is 11.3 Å². The lowest BCUT2D eigenvalue weighted by molar-refractivity contribution is -0.135. The van der Waals surface area contributed by atoms with Crippen LogP contribution in [0.2, 0.25) is 0 Å². The molecule has 0 radical (unpaired) electrons. The van der Waals surface area contributed by atoms with Crippen molar-refractivity contribution in [2.24, 2.45) is 0 Å². The summed E-state index contributed by atoms with van der Waals surface area (Å²) in [5, 5.41) is 3.87. The van der Waals surface area contributed by atoms with Crippen LogP contribution in [-0.2, 0) is 9.53 Å². The van der Waals surface area contributed by atoms with Gasteiger partial charge in [-0.05, 0) is 16.9 Å². The van der Waals surface area contributed by atoms with Crippen LogP contribution in [0.3, 0.4) is 0 Å². The molecule has 1 aliphatic heterocycles. The molecular weight excluding hydrogens is 224 g/mol. The molecule has 5 heteroatoms. The molecule has 0 spiro atoms. The molecular formula is C8H6O2S3. The molecule has 1 aromatic heterocycles. The number of carbonyl (C=O) groups is 1. The van der Waals surface area contributed by atoms with Gasteiger partial charge in [0.2, 0.25) is 0 Å². The molecule has 0 aliphatic carbocycles.